The maximum atomic E-state index is 3.57. The molecule has 2 heteroatoms. The molecule has 2 nitrogen and oxygen atoms in total. The van der Waals surface area contributed by atoms with Crippen molar-refractivity contribution in [2.45, 2.75) is 38.1 Å². The Morgan fingerprint density at radius 1 is 1.33 bits per heavy atom. The first kappa shape index (κ1) is 13.6. The van der Waals surface area contributed by atoms with E-state index in [0.29, 0.717) is 5.92 Å². The third kappa shape index (κ3) is 4.11. The van der Waals surface area contributed by atoms with Gasteiger partial charge < -0.3 is 10.2 Å². The molecule has 0 spiro atoms. The molecule has 1 heterocycles. The van der Waals surface area contributed by atoms with Gasteiger partial charge in [0.25, 0.3) is 0 Å². The van der Waals surface area contributed by atoms with Crippen LogP contribution in [-0.4, -0.2) is 37.6 Å². The topological polar surface area (TPSA) is 15.3 Å². The molecule has 2 atom stereocenters. The Morgan fingerprint density at radius 3 is 2.78 bits per heavy atom. The fourth-order valence-electron chi connectivity index (χ4n) is 2.74. The summed E-state index contributed by atoms with van der Waals surface area (Å²) in [6.07, 6.45) is 3.94. The average Bonchev–Trinajstić information content (AvgIpc) is 2.90. The molecule has 18 heavy (non-hydrogen) atoms. The van der Waals surface area contributed by atoms with Crippen LogP contribution in [0.4, 0.5) is 0 Å². The molecule has 1 fully saturated rings. The van der Waals surface area contributed by atoms with Crippen molar-refractivity contribution >= 4 is 0 Å². The van der Waals surface area contributed by atoms with Crippen LogP contribution >= 0.6 is 0 Å². The van der Waals surface area contributed by atoms with Crippen molar-refractivity contribution in [3.8, 4) is 0 Å². The van der Waals surface area contributed by atoms with Crippen LogP contribution in [0.15, 0.2) is 30.3 Å². The van der Waals surface area contributed by atoms with Gasteiger partial charge in [0.05, 0.1) is 0 Å². The van der Waals surface area contributed by atoms with Gasteiger partial charge in [-0.05, 0) is 50.9 Å². The minimum atomic E-state index is 0.658. The Kier molecular flexibility index (Phi) is 5.21. The molecule has 0 saturated carbocycles. The zero-order chi connectivity index (χ0) is 12.8. The molecule has 0 bridgehead atoms. The van der Waals surface area contributed by atoms with Crippen molar-refractivity contribution in [2.24, 2.45) is 0 Å². The van der Waals surface area contributed by atoms with E-state index >= 15 is 0 Å². The van der Waals surface area contributed by atoms with Crippen molar-refractivity contribution in [1.29, 1.82) is 0 Å². The van der Waals surface area contributed by atoms with Crippen molar-refractivity contribution in [3.63, 3.8) is 0 Å². The minimum Gasteiger partial charge on any atom is -0.313 e. The second-order valence-electron chi connectivity index (χ2n) is 5.66. The summed E-state index contributed by atoms with van der Waals surface area (Å²) in [5.41, 5.74) is 1.46. The molecule has 100 valence electrons. The minimum absolute atomic E-state index is 0.658. The van der Waals surface area contributed by atoms with Crippen LogP contribution in [0.25, 0.3) is 0 Å². The highest BCUT2D eigenvalue weighted by Crippen LogP contribution is 2.18. The van der Waals surface area contributed by atoms with E-state index in [0.717, 1.165) is 6.04 Å². The van der Waals surface area contributed by atoms with Crippen LogP contribution in [0, 0.1) is 0 Å². The van der Waals surface area contributed by atoms with E-state index < -0.39 is 0 Å². The van der Waals surface area contributed by atoms with E-state index in [9.17, 15) is 0 Å². The molecular formula is C16H26N2. The number of hydrogen-bond donors (Lipinski definition) is 1. The molecule has 0 radical (unpaired) electrons. The van der Waals surface area contributed by atoms with E-state index in [1.54, 1.807) is 0 Å². The smallest absolute Gasteiger partial charge is 0.0195 e. The van der Waals surface area contributed by atoms with E-state index in [1.165, 1.54) is 44.5 Å². The lowest BCUT2D eigenvalue weighted by Gasteiger charge is -2.22. The fourth-order valence-corrected chi connectivity index (χ4v) is 2.74. The summed E-state index contributed by atoms with van der Waals surface area (Å²) in [6, 6.07) is 11.6. The molecule has 2 unspecified atom stereocenters. The van der Waals surface area contributed by atoms with Crippen molar-refractivity contribution in [2.75, 3.05) is 26.7 Å². The Balaban J connectivity index is 1.70. The number of likely N-dealkylation sites (N-methyl/N-ethyl adjacent to an activating group) is 1. The maximum absolute atomic E-state index is 3.57. The number of benzene rings is 1. The van der Waals surface area contributed by atoms with Gasteiger partial charge in [-0.25, -0.2) is 0 Å². The zero-order valence-corrected chi connectivity index (χ0v) is 11.7. The van der Waals surface area contributed by atoms with Gasteiger partial charge in [0.2, 0.25) is 0 Å². The van der Waals surface area contributed by atoms with Crippen LogP contribution in [0.5, 0.6) is 0 Å². The van der Waals surface area contributed by atoms with Gasteiger partial charge in [-0.15, -0.1) is 0 Å². The number of rotatable bonds is 6. The van der Waals surface area contributed by atoms with Gasteiger partial charge in [0.15, 0.2) is 0 Å². The van der Waals surface area contributed by atoms with E-state index in [1.807, 2.05) is 0 Å². The normalized spacial score (nSPS) is 21.4. The summed E-state index contributed by atoms with van der Waals surface area (Å²) in [6.45, 7) is 5.92. The summed E-state index contributed by atoms with van der Waals surface area (Å²) in [5, 5.41) is 3.57. The van der Waals surface area contributed by atoms with Crippen LogP contribution in [-0.2, 0) is 0 Å². The Bertz CT molecular complexity index is 330. The third-order valence-corrected chi connectivity index (χ3v) is 4.01. The first-order valence-electron chi connectivity index (χ1n) is 7.22. The van der Waals surface area contributed by atoms with Gasteiger partial charge in [-0.2, -0.15) is 0 Å². The Morgan fingerprint density at radius 2 is 2.11 bits per heavy atom. The second kappa shape index (κ2) is 6.91. The molecule has 1 N–H and O–H groups in total. The molecule has 1 aliphatic rings. The number of nitrogens with one attached hydrogen (secondary N) is 1. The predicted molar refractivity (Wildman–Crippen MR) is 78.0 cm³/mol. The van der Waals surface area contributed by atoms with Crippen molar-refractivity contribution in [1.82, 2.24) is 10.2 Å². The molecule has 2 rings (SSSR count). The quantitative estimate of drug-likeness (QED) is 0.830. The number of nitrogens with zero attached hydrogens (tertiary/aromatic N) is 1. The van der Waals surface area contributed by atoms with Gasteiger partial charge in [0.1, 0.15) is 0 Å². The summed E-state index contributed by atoms with van der Waals surface area (Å²) >= 11 is 0. The van der Waals surface area contributed by atoms with Gasteiger partial charge in [-0.1, -0.05) is 37.3 Å². The molecule has 0 aromatic heterocycles. The SMILES string of the molecule is CC(CCN(C)CC1CCCN1)c1ccccc1. The van der Waals surface area contributed by atoms with Gasteiger partial charge in [0, 0.05) is 12.6 Å². The number of hydrogen-bond acceptors (Lipinski definition) is 2. The summed E-state index contributed by atoms with van der Waals surface area (Å²) in [5.74, 6) is 0.658. The Hall–Kier alpha value is -0.860. The molecule has 0 amide bonds. The van der Waals surface area contributed by atoms with Gasteiger partial charge in [-0.3, -0.25) is 0 Å². The molecule has 1 aromatic rings. The molecule has 1 aromatic carbocycles. The average molecular weight is 246 g/mol. The maximum Gasteiger partial charge on any atom is 0.0195 e. The third-order valence-electron chi connectivity index (χ3n) is 4.01. The molecule has 0 aliphatic carbocycles. The molecule has 1 saturated heterocycles. The predicted octanol–water partition coefficient (Wildman–Crippen LogP) is 2.86. The van der Waals surface area contributed by atoms with E-state index in [-0.39, 0.29) is 0 Å². The fraction of sp³-hybridized carbons (Fsp3) is 0.625. The van der Waals surface area contributed by atoms with Crippen LogP contribution in [0.1, 0.15) is 37.7 Å². The standard InChI is InChI=1S/C16H26N2/c1-14(15-7-4-3-5-8-15)10-12-18(2)13-16-9-6-11-17-16/h3-5,7-8,14,16-17H,6,9-13H2,1-2H3. The van der Waals surface area contributed by atoms with Crippen LogP contribution in [0.3, 0.4) is 0 Å². The Labute approximate surface area is 111 Å². The largest absolute Gasteiger partial charge is 0.313 e. The van der Waals surface area contributed by atoms with Crippen LogP contribution < -0.4 is 5.32 Å². The van der Waals surface area contributed by atoms with Crippen molar-refractivity contribution < 1.29 is 0 Å². The van der Waals surface area contributed by atoms with E-state index in [2.05, 4.69) is 54.5 Å². The molecule has 1 aliphatic heterocycles. The first-order valence-corrected chi connectivity index (χ1v) is 7.22. The summed E-state index contributed by atoms with van der Waals surface area (Å²) < 4.78 is 0. The zero-order valence-electron chi connectivity index (χ0n) is 11.7. The lowest BCUT2D eigenvalue weighted by atomic mass is 9.98. The van der Waals surface area contributed by atoms with Crippen LogP contribution in [0.2, 0.25) is 0 Å². The highest BCUT2D eigenvalue weighted by molar-refractivity contribution is 5.18. The molecular weight excluding hydrogens is 220 g/mol. The first-order chi connectivity index (χ1) is 8.75. The summed E-state index contributed by atoms with van der Waals surface area (Å²) in [4.78, 5) is 2.47. The highest BCUT2D eigenvalue weighted by atomic mass is 15.1. The summed E-state index contributed by atoms with van der Waals surface area (Å²) in [7, 11) is 2.25. The van der Waals surface area contributed by atoms with Crippen molar-refractivity contribution in [3.05, 3.63) is 35.9 Å². The highest BCUT2D eigenvalue weighted by Gasteiger charge is 2.16. The lowest BCUT2D eigenvalue weighted by molar-refractivity contribution is 0.290. The van der Waals surface area contributed by atoms with E-state index in [4.69, 9.17) is 0 Å². The monoisotopic (exact) mass is 246 g/mol. The van der Waals surface area contributed by atoms with Gasteiger partial charge >= 0.3 is 0 Å². The second-order valence-corrected chi connectivity index (χ2v) is 5.66. The lowest BCUT2D eigenvalue weighted by Crippen LogP contribution is -2.36.